The van der Waals surface area contributed by atoms with E-state index in [4.69, 9.17) is 4.74 Å². The molecule has 0 bridgehead atoms. The average molecular weight is 267 g/mol. The summed E-state index contributed by atoms with van der Waals surface area (Å²) in [7, 11) is 1.71. The number of hydrogen-bond donors (Lipinski definition) is 1. The van der Waals surface area contributed by atoms with Gasteiger partial charge in [-0.3, -0.25) is 4.68 Å². The molecule has 108 valence electrons. The summed E-state index contributed by atoms with van der Waals surface area (Å²) < 4.78 is 6.93. The minimum atomic E-state index is 0.725. The standard InChI is InChI=1S/C13H25N5O/c1-19-10-5-14-11-13-12-18(16-15-13)9-8-17-6-3-2-4-7-17/h12,14H,2-11H2,1H3. The molecule has 0 aliphatic carbocycles. The van der Waals surface area contributed by atoms with Crippen LogP contribution in [0.15, 0.2) is 6.20 Å². The van der Waals surface area contributed by atoms with Gasteiger partial charge in [0.15, 0.2) is 0 Å². The summed E-state index contributed by atoms with van der Waals surface area (Å²) in [5.74, 6) is 0. The molecule has 1 aliphatic heterocycles. The van der Waals surface area contributed by atoms with Gasteiger partial charge in [0.25, 0.3) is 0 Å². The summed E-state index contributed by atoms with van der Waals surface area (Å²) in [6.45, 7) is 6.82. The third-order valence-electron chi connectivity index (χ3n) is 3.47. The molecule has 1 fully saturated rings. The van der Waals surface area contributed by atoms with Crippen LogP contribution in [0.3, 0.4) is 0 Å². The van der Waals surface area contributed by atoms with Crippen molar-refractivity contribution in [3.8, 4) is 0 Å². The molecule has 1 saturated heterocycles. The van der Waals surface area contributed by atoms with Crippen molar-refractivity contribution >= 4 is 0 Å². The maximum Gasteiger partial charge on any atom is 0.0964 e. The van der Waals surface area contributed by atoms with Crippen molar-refractivity contribution in [1.29, 1.82) is 0 Å². The number of ether oxygens (including phenoxy) is 1. The van der Waals surface area contributed by atoms with E-state index in [1.54, 1.807) is 7.11 Å². The molecule has 0 unspecified atom stereocenters. The van der Waals surface area contributed by atoms with Crippen molar-refractivity contribution in [3.63, 3.8) is 0 Å². The van der Waals surface area contributed by atoms with E-state index in [-0.39, 0.29) is 0 Å². The number of rotatable bonds is 8. The van der Waals surface area contributed by atoms with E-state index in [0.29, 0.717) is 0 Å². The zero-order valence-electron chi connectivity index (χ0n) is 11.8. The van der Waals surface area contributed by atoms with Crippen molar-refractivity contribution in [3.05, 3.63) is 11.9 Å². The first-order valence-electron chi connectivity index (χ1n) is 7.19. The molecule has 1 aromatic heterocycles. The van der Waals surface area contributed by atoms with Gasteiger partial charge in [0.1, 0.15) is 0 Å². The number of methoxy groups -OCH3 is 1. The van der Waals surface area contributed by atoms with E-state index in [1.165, 1.54) is 32.4 Å². The maximum atomic E-state index is 4.98. The summed E-state index contributed by atoms with van der Waals surface area (Å²) >= 11 is 0. The largest absolute Gasteiger partial charge is 0.383 e. The highest BCUT2D eigenvalue weighted by molar-refractivity contribution is 4.91. The Morgan fingerprint density at radius 2 is 2.11 bits per heavy atom. The highest BCUT2D eigenvalue weighted by Crippen LogP contribution is 2.08. The van der Waals surface area contributed by atoms with Crippen LogP contribution in [0.1, 0.15) is 25.0 Å². The average Bonchev–Trinajstić information content (AvgIpc) is 2.91. The van der Waals surface area contributed by atoms with Crippen LogP contribution in [0.5, 0.6) is 0 Å². The number of nitrogens with zero attached hydrogens (tertiary/aromatic N) is 4. The molecule has 2 rings (SSSR count). The first-order valence-corrected chi connectivity index (χ1v) is 7.19. The van der Waals surface area contributed by atoms with E-state index in [2.05, 4.69) is 20.5 Å². The van der Waals surface area contributed by atoms with E-state index in [9.17, 15) is 0 Å². The number of piperidine rings is 1. The van der Waals surface area contributed by atoms with Crippen molar-refractivity contribution in [2.75, 3.05) is 39.9 Å². The van der Waals surface area contributed by atoms with E-state index >= 15 is 0 Å². The lowest BCUT2D eigenvalue weighted by Crippen LogP contribution is -2.32. The van der Waals surface area contributed by atoms with Crippen molar-refractivity contribution in [2.24, 2.45) is 0 Å². The predicted octanol–water partition coefficient (Wildman–Crippen LogP) is 0.500. The Morgan fingerprint density at radius 1 is 1.26 bits per heavy atom. The van der Waals surface area contributed by atoms with Gasteiger partial charge in [0, 0.05) is 32.9 Å². The van der Waals surface area contributed by atoms with Gasteiger partial charge < -0.3 is 15.0 Å². The van der Waals surface area contributed by atoms with Crippen LogP contribution in [0.2, 0.25) is 0 Å². The monoisotopic (exact) mass is 267 g/mol. The van der Waals surface area contributed by atoms with Gasteiger partial charge >= 0.3 is 0 Å². The van der Waals surface area contributed by atoms with Gasteiger partial charge in [-0.25, -0.2) is 0 Å². The SMILES string of the molecule is COCCNCc1cn(CCN2CCCCC2)nn1. The minimum absolute atomic E-state index is 0.725. The molecule has 6 nitrogen and oxygen atoms in total. The Hall–Kier alpha value is -0.980. The van der Waals surface area contributed by atoms with E-state index in [1.807, 2.05) is 10.9 Å². The molecule has 1 N–H and O–H groups in total. The van der Waals surface area contributed by atoms with Crippen molar-refractivity contribution < 1.29 is 4.74 Å². The quantitative estimate of drug-likeness (QED) is 0.695. The second-order valence-corrected chi connectivity index (χ2v) is 5.04. The molecule has 0 spiro atoms. The second kappa shape index (κ2) is 8.24. The molecule has 1 aromatic rings. The Bertz CT molecular complexity index is 349. The Kier molecular flexibility index (Phi) is 6.26. The fraction of sp³-hybridized carbons (Fsp3) is 0.846. The summed E-state index contributed by atoms with van der Waals surface area (Å²) in [6.07, 6.45) is 6.10. The molecule has 0 saturated carbocycles. The minimum Gasteiger partial charge on any atom is -0.383 e. The second-order valence-electron chi connectivity index (χ2n) is 5.04. The first-order chi connectivity index (χ1) is 9.38. The lowest BCUT2D eigenvalue weighted by Gasteiger charge is -2.25. The molecule has 0 radical (unpaired) electrons. The van der Waals surface area contributed by atoms with Gasteiger partial charge in [-0.15, -0.1) is 5.10 Å². The third kappa shape index (κ3) is 5.26. The molecule has 1 aliphatic rings. The maximum absolute atomic E-state index is 4.98. The molecule has 0 atom stereocenters. The van der Waals surface area contributed by atoms with Crippen molar-refractivity contribution in [2.45, 2.75) is 32.4 Å². The molecular formula is C13H25N5O. The molecule has 6 heteroatoms. The van der Waals surface area contributed by atoms with Crippen LogP contribution in [-0.4, -0.2) is 59.8 Å². The first kappa shape index (κ1) is 14.4. The van der Waals surface area contributed by atoms with Gasteiger partial charge in [0.05, 0.1) is 18.8 Å². The summed E-state index contributed by atoms with van der Waals surface area (Å²) in [5, 5.41) is 11.6. The topological polar surface area (TPSA) is 55.2 Å². The smallest absolute Gasteiger partial charge is 0.0964 e. The lowest BCUT2D eigenvalue weighted by molar-refractivity contribution is 0.199. The van der Waals surface area contributed by atoms with Crippen LogP contribution in [0.25, 0.3) is 0 Å². The summed E-state index contributed by atoms with van der Waals surface area (Å²) in [4.78, 5) is 2.52. The van der Waals surface area contributed by atoms with Gasteiger partial charge in [-0.2, -0.15) is 0 Å². The van der Waals surface area contributed by atoms with E-state index < -0.39 is 0 Å². The zero-order chi connectivity index (χ0) is 13.3. The molecule has 19 heavy (non-hydrogen) atoms. The van der Waals surface area contributed by atoms with Crippen LogP contribution in [-0.2, 0) is 17.8 Å². The van der Waals surface area contributed by atoms with Crippen molar-refractivity contribution in [1.82, 2.24) is 25.2 Å². The predicted molar refractivity (Wildman–Crippen MR) is 73.9 cm³/mol. The van der Waals surface area contributed by atoms with Gasteiger partial charge in [-0.1, -0.05) is 11.6 Å². The molecular weight excluding hydrogens is 242 g/mol. The third-order valence-corrected chi connectivity index (χ3v) is 3.47. The highest BCUT2D eigenvalue weighted by Gasteiger charge is 2.10. The Morgan fingerprint density at radius 3 is 2.89 bits per heavy atom. The zero-order valence-corrected chi connectivity index (χ0v) is 11.8. The molecule has 0 aromatic carbocycles. The lowest BCUT2D eigenvalue weighted by atomic mass is 10.1. The summed E-state index contributed by atoms with van der Waals surface area (Å²) in [5.41, 5.74) is 0.995. The molecule has 2 heterocycles. The fourth-order valence-corrected chi connectivity index (χ4v) is 2.35. The van der Waals surface area contributed by atoms with E-state index in [0.717, 1.165) is 38.5 Å². The van der Waals surface area contributed by atoms with Crippen LogP contribution < -0.4 is 5.32 Å². The van der Waals surface area contributed by atoms with Gasteiger partial charge in [-0.05, 0) is 25.9 Å². The van der Waals surface area contributed by atoms with Crippen LogP contribution >= 0.6 is 0 Å². The number of aromatic nitrogens is 3. The normalized spacial score (nSPS) is 16.9. The molecule has 0 amide bonds. The Balaban J connectivity index is 1.65. The summed E-state index contributed by atoms with van der Waals surface area (Å²) in [6, 6.07) is 0. The van der Waals surface area contributed by atoms with Crippen LogP contribution in [0, 0.1) is 0 Å². The number of likely N-dealkylation sites (tertiary alicyclic amines) is 1. The fourth-order valence-electron chi connectivity index (χ4n) is 2.35. The van der Waals surface area contributed by atoms with Crippen LogP contribution in [0.4, 0.5) is 0 Å². The number of nitrogens with one attached hydrogen (secondary N) is 1. The van der Waals surface area contributed by atoms with Gasteiger partial charge in [0.2, 0.25) is 0 Å². The number of hydrogen-bond acceptors (Lipinski definition) is 5. The highest BCUT2D eigenvalue weighted by atomic mass is 16.5. The Labute approximate surface area is 115 Å².